The Hall–Kier alpha value is -2.91. The van der Waals surface area contributed by atoms with E-state index in [0.717, 1.165) is 6.54 Å². The molecule has 0 fully saturated rings. The Balaban J connectivity index is 0.000000520. The predicted molar refractivity (Wildman–Crippen MR) is 136 cm³/mol. The van der Waals surface area contributed by atoms with Crippen molar-refractivity contribution in [3.05, 3.63) is 53.6 Å². The number of halogens is 2. The number of benzene rings is 1. The minimum absolute atomic E-state index is 0. The zero-order valence-electron chi connectivity index (χ0n) is 22.3. The highest BCUT2D eigenvalue weighted by atomic mass is 35.5. The second-order valence-corrected chi connectivity index (χ2v) is 9.00. The third kappa shape index (κ3) is 11.3. The lowest BCUT2D eigenvalue weighted by atomic mass is 10.2. The molecule has 9 nitrogen and oxygen atoms in total. The number of carbonyl (C=O) groups is 1. The minimum atomic E-state index is -1.45. The number of aromatic nitrogens is 4. The summed E-state index contributed by atoms with van der Waals surface area (Å²) in [6.07, 6.45) is 18.5. The summed E-state index contributed by atoms with van der Waals surface area (Å²) in [4.78, 5) is 10.4. The summed E-state index contributed by atoms with van der Waals surface area (Å²) in [6, 6.07) is 0.710. The van der Waals surface area contributed by atoms with Gasteiger partial charge in [0.25, 0.3) is 5.82 Å². The molecule has 0 amide bonds. The summed E-state index contributed by atoms with van der Waals surface area (Å²) >= 11 is 5.30. The molecule has 0 saturated carbocycles. The van der Waals surface area contributed by atoms with E-state index in [2.05, 4.69) is 84.2 Å². The molecule has 3 rings (SSSR count). The van der Waals surface area contributed by atoms with Crippen LogP contribution in [0.15, 0.2) is 37.2 Å². The van der Waals surface area contributed by atoms with Crippen LogP contribution in [0.4, 0.5) is 0 Å². The number of imidazole rings is 2. The first-order valence-electron chi connectivity index (χ1n) is 12.2. The van der Waals surface area contributed by atoms with Gasteiger partial charge in [0.1, 0.15) is 24.8 Å². The van der Waals surface area contributed by atoms with E-state index in [1.165, 1.54) is 50.9 Å². The number of phenols is 2. The Labute approximate surface area is 230 Å². The predicted octanol–water partition coefficient (Wildman–Crippen LogP) is 0.841. The number of hydrogen-bond donors (Lipinski definition) is 3. The van der Waals surface area contributed by atoms with Gasteiger partial charge in [-0.05, 0) is 31.1 Å². The number of aryl methyl sites for hydroxylation is 4. The van der Waals surface area contributed by atoms with Crippen molar-refractivity contribution in [1.82, 2.24) is 9.13 Å². The number of phenolic OH excluding ortho intramolecular Hbond substituents is 2. The van der Waals surface area contributed by atoms with Crippen LogP contribution < -0.4 is 26.6 Å². The highest BCUT2D eigenvalue weighted by molar-refractivity contribution is 6.35. The number of nitrogens with zero attached hydrogens (tertiary/aromatic N) is 4. The van der Waals surface area contributed by atoms with E-state index in [1.807, 2.05) is 0 Å². The van der Waals surface area contributed by atoms with E-state index in [1.54, 1.807) is 0 Å². The fourth-order valence-corrected chi connectivity index (χ4v) is 3.51. The lowest BCUT2D eigenvalue weighted by Gasteiger charge is -2.13. The van der Waals surface area contributed by atoms with Gasteiger partial charge in [0.2, 0.25) is 6.33 Å². The van der Waals surface area contributed by atoms with Crippen LogP contribution in [0.1, 0.15) is 68.6 Å². The molecule has 0 aliphatic heterocycles. The topological polar surface area (TPSA) is 118 Å². The molecule has 0 spiro atoms. The summed E-state index contributed by atoms with van der Waals surface area (Å²) in [5.74, 6) is -2.96. The van der Waals surface area contributed by atoms with Crippen LogP contribution in [0.5, 0.6) is 17.2 Å². The number of aromatic hydroxyl groups is 2. The molecular weight excluding hydrogens is 519 g/mol. The minimum Gasteiger partial charge on any atom is -1.00 e. The number of unbranched alkanes of at least 4 members (excludes halogenated alkanes) is 4. The highest BCUT2D eigenvalue weighted by Gasteiger charge is 2.14. The van der Waals surface area contributed by atoms with Gasteiger partial charge in [-0.3, -0.25) is 0 Å². The van der Waals surface area contributed by atoms with Crippen molar-refractivity contribution in [3.8, 4) is 17.2 Å². The molecule has 11 heteroatoms. The van der Waals surface area contributed by atoms with Gasteiger partial charge in [0.15, 0.2) is 11.5 Å². The molecule has 1 aromatic carbocycles. The van der Waals surface area contributed by atoms with Crippen molar-refractivity contribution < 1.29 is 46.8 Å². The first-order chi connectivity index (χ1) is 17.0. The zero-order chi connectivity index (χ0) is 27.3. The zero-order valence-corrected chi connectivity index (χ0v) is 23.8. The van der Waals surface area contributed by atoms with Crippen LogP contribution in [-0.4, -0.2) is 30.4 Å². The average Bonchev–Trinajstić information content (AvgIpc) is 3.41. The van der Waals surface area contributed by atoms with E-state index < -0.39 is 33.8 Å². The van der Waals surface area contributed by atoms with Crippen LogP contribution in [0, 0.1) is 6.92 Å². The Morgan fingerprint density at radius 1 is 1.03 bits per heavy atom. The summed E-state index contributed by atoms with van der Waals surface area (Å²) in [7, 11) is 4.14. The van der Waals surface area contributed by atoms with Gasteiger partial charge in [-0.1, -0.05) is 44.7 Å². The molecule has 208 valence electrons. The van der Waals surface area contributed by atoms with Gasteiger partial charge >= 0.3 is 5.97 Å². The molecule has 0 atom stereocenters. The van der Waals surface area contributed by atoms with Crippen LogP contribution in [0.3, 0.4) is 0 Å². The van der Waals surface area contributed by atoms with Crippen molar-refractivity contribution in [2.45, 2.75) is 72.4 Å². The molecule has 0 radical (unpaired) electrons. The van der Waals surface area contributed by atoms with Crippen LogP contribution in [-0.2, 0) is 27.2 Å². The van der Waals surface area contributed by atoms with Crippen molar-refractivity contribution in [1.29, 1.82) is 0 Å². The molecule has 0 aliphatic rings. The monoisotopic (exact) mass is 558 g/mol. The fraction of sp³-hybridized carbons (Fsp3) is 0.500. The molecule has 0 aliphatic carbocycles. The molecule has 3 N–H and O–H groups in total. The second kappa shape index (κ2) is 17.5. The first-order valence-corrected chi connectivity index (χ1v) is 12.6. The smallest absolute Gasteiger partial charge is 0.337 e. The van der Waals surface area contributed by atoms with Gasteiger partial charge in [0, 0.05) is 6.92 Å². The Bertz CT molecular complexity index is 1100. The molecule has 3 aromatic rings. The average molecular weight is 560 g/mol. The Morgan fingerprint density at radius 2 is 1.68 bits per heavy atom. The summed E-state index contributed by atoms with van der Waals surface area (Å²) in [5.41, 5.74) is -0.540. The van der Waals surface area contributed by atoms with Crippen molar-refractivity contribution in [3.63, 3.8) is 0 Å². The molecule has 2 heterocycles. The molecule has 37 heavy (non-hydrogen) atoms. The number of carboxylic acid groups (broad SMARTS) is 1. The van der Waals surface area contributed by atoms with E-state index >= 15 is 0 Å². The maximum atomic E-state index is 10.9. The van der Waals surface area contributed by atoms with Crippen LogP contribution in [0.25, 0.3) is 0 Å². The lowest BCUT2D eigenvalue weighted by Crippen LogP contribution is -3.00. The van der Waals surface area contributed by atoms with Gasteiger partial charge in [0.05, 0.1) is 37.8 Å². The van der Waals surface area contributed by atoms with Crippen molar-refractivity contribution in [2.75, 3.05) is 0 Å². The summed E-state index contributed by atoms with van der Waals surface area (Å²) in [6.45, 7) is 8.94. The number of carboxylic acids is 1. The second-order valence-electron chi connectivity index (χ2n) is 8.62. The lowest BCUT2D eigenvalue weighted by molar-refractivity contribution is -0.677. The SMILES string of the molecule is CCCCCCn1cc[n+](C)c1.CCCCn1cc[n+](C)c1C.O=C(O)c1cc(O)c(O)c([O-])c1Cl.[Cl-]. The third-order valence-electron chi connectivity index (χ3n) is 5.65. The van der Waals surface area contributed by atoms with Gasteiger partial charge < -0.3 is 32.8 Å². The van der Waals surface area contributed by atoms with Gasteiger partial charge in [-0.15, -0.1) is 0 Å². The maximum Gasteiger partial charge on any atom is 0.337 e. The fourth-order valence-electron chi connectivity index (χ4n) is 3.29. The number of aromatic carboxylic acids is 1. The number of rotatable bonds is 9. The molecular formula is C26H40Cl2N4O5. The quantitative estimate of drug-likeness (QED) is 0.204. The normalized spacial score (nSPS) is 10.0. The highest BCUT2D eigenvalue weighted by Crippen LogP contribution is 2.40. The van der Waals surface area contributed by atoms with E-state index in [9.17, 15) is 9.90 Å². The third-order valence-corrected chi connectivity index (χ3v) is 6.02. The van der Waals surface area contributed by atoms with E-state index in [-0.39, 0.29) is 12.4 Å². The van der Waals surface area contributed by atoms with E-state index in [4.69, 9.17) is 26.9 Å². The van der Waals surface area contributed by atoms with Gasteiger partial charge in [-0.25, -0.2) is 23.1 Å². The summed E-state index contributed by atoms with van der Waals surface area (Å²) in [5, 5.41) is 36.5. The number of hydrogen-bond acceptors (Lipinski definition) is 4. The van der Waals surface area contributed by atoms with Crippen LogP contribution in [0.2, 0.25) is 5.02 Å². The van der Waals surface area contributed by atoms with Gasteiger partial charge in [-0.2, -0.15) is 0 Å². The summed E-state index contributed by atoms with van der Waals surface area (Å²) < 4.78 is 8.77. The first kappa shape index (κ1) is 34.1. The maximum absolute atomic E-state index is 10.9. The molecule has 2 aromatic heterocycles. The molecule has 0 bridgehead atoms. The van der Waals surface area contributed by atoms with Crippen molar-refractivity contribution in [2.24, 2.45) is 14.1 Å². The van der Waals surface area contributed by atoms with Crippen LogP contribution >= 0.6 is 11.6 Å². The largest absolute Gasteiger partial charge is 1.00 e. The standard InChI is InChI=1S/C10H19N2.C9H17N2.C7H5ClO5.ClH/c1-3-4-5-6-7-12-9-8-11(2)10-12;1-4-5-6-11-8-7-10(3)9(11)2;8-4-2(7(12)13)1-3(9)5(10)6(4)11;/h8-10H,3-7H2,1-2H3;7-8H,4-6H2,1-3H3;1,9-11H,(H,12,13);1H/q2*+1;;/p-2. The molecule has 0 unspecified atom stereocenters. The van der Waals surface area contributed by atoms with Crippen molar-refractivity contribution >= 4 is 17.6 Å². The Kier molecular flexibility index (Phi) is 16.2. The van der Waals surface area contributed by atoms with E-state index in [0.29, 0.717) is 6.07 Å². The Morgan fingerprint density at radius 3 is 2.16 bits per heavy atom. The molecule has 0 saturated heterocycles.